The lowest BCUT2D eigenvalue weighted by Crippen LogP contribution is -2.25. The Balaban J connectivity index is 1.88. The molecule has 0 bridgehead atoms. The van der Waals surface area contributed by atoms with Gasteiger partial charge in [0.15, 0.2) is 6.29 Å². The zero-order valence-electron chi connectivity index (χ0n) is 8.71. The molecule has 0 aromatic rings. The first-order valence-electron chi connectivity index (χ1n) is 5.48. The summed E-state index contributed by atoms with van der Waals surface area (Å²) in [6.45, 7) is 1.53. The number of aliphatic hydroxyl groups is 2. The number of hydrogen-bond donors (Lipinski definition) is 2. The molecule has 15 heavy (non-hydrogen) atoms. The molecule has 0 spiro atoms. The van der Waals surface area contributed by atoms with Gasteiger partial charge in [0.25, 0.3) is 0 Å². The van der Waals surface area contributed by atoms with E-state index < -0.39 is 0 Å². The van der Waals surface area contributed by atoms with E-state index in [4.69, 9.17) is 14.6 Å². The van der Waals surface area contributed by atoms with Crippen LogP contribution in [0.2, 0.25) is 0 Å². The van der Waals surface area contributed by atoms with E-state index in [-0.39, 0.29) is 37.3 Å². The molecule has 0 radical (unpaired) electrons. The zero-order chi connectivity index (χ0) is 10.7. The van der Waals surface area contributed by atoms with Gasteiger partial charge in [-0.25, -0.2) is 0 Å². The summed E-state index contributed by atoms with van der Waals surface area (Å²) in [7, 11) is 0. The summed E-state index contributed by atoms with van der Waals surface area (Å²) in [5.74, 6) is 0.458. The van der Waals surface area contributed by atoms with Crippen molar-refractivity contribution in [2.24, 2.45) is 17.8 Å². The van der Waals surface area contributed by atoms with E-state index in [0.717, 1.165) is 6.42 Å². The van der Waals surface area contributed by atoms with Gasteiger partial charge in [0, 0.05) is 25.6 Å². The van der Waals surface area contributed by atoms with Crippen LogP contribution in [-0.4, -0.2) is 42.9 Å². The third-order valence-corrected chi connectivity index (χ3v) is 3.28. The smallest absolute Gasteiger partial charge is 0.158 e. The minimum absolute atomic E-state index is 0.0846. The molecule has 1 heterocycles. The van der Waals surface area contributed by atoms with Gasteiger partial charge in [0.2, 0.25) is 0 Å². The first-order valence-corrected chi connectivity index (χ1v) is 5.48. The number of hydrogen-bond acceptors (Lipinski definition) is 4. The topological polar surface area (TPSA) is 58.9 Å². The van der Waals surface area contributed by atoms with Crippen molar-refractivity contribution in [1.29, 1.82) is 0 Å². The molecule has 3 atom stereocenters. The maximum atomic E-state index is 9.28. The van der Waals surface area contributed by atoms with Crippen LogP contribution in [0.4, 0.5) is 0 Å². The Hall–Kier alpha value is -0.420. The highest BCUT2D eigenvalue weighted by molar-refractivity contribution is 5.06. The quantitative estimate of drug-likeness (QED) is 0.654. The molecule has 0 unspecified atom stereocenters. The van der Waals surface area contributed by atoms with Crippen LogP contribution >= 0.6 is 0 Å². The van der Waals surface area contributed by atoms with Crippen molar-refractivity contribution in [3.8, 4) is 0 Å². The molecule has 4 heteroatoms. The van der Waals surface area contributed by atoms with Crippen LogP contribution in [0.5, 0.6) is 0 Å². The molecule has 1 saturated heterocycles. The number of ether oxygens (including phenoxy) is 2. The van der Waals surface area contributed by atoms with Crippen molar-refractivity contribution in [3.05, 3.63) is 12.2 Å². The number of rotatable bonds is 4. The Morgan fingerprint density at radius 1 is 1.00 bits per heavy atom. The summed E-state index contributed by atoms with van der Waals surface area (Å²) in [6, 6.07) is 0. The second-order valence-corrected chi connectivity index (χ2v) is 4.15. The van der Waals surface area contributed by atoms with E-state index in [1.165, 1.54) is 0 Å². The van der Waals surface area contributed by atoms with E-state index in [1.54, 1.807) is 0 Å². The van der Waals surface area contributed by atoms with Gasteiger partial charge >= 0.3 is 0 Å². The summed E-state index contributed by atoms with van der Waals surface area (Å²) in [5, 5.41) is 18.4. The molecule has 2 N–H and O–H groups in total. The zero-order valence-corrected chi connectivity index (χ0v) is 8.71. The molecular weight excluding hydrogens is 196 g/mol. The lowest BCUT2D eigenvalue weighted by Gasteiger charge is -2.23. The number of allylic oxidation sites excluding steroid dienone is 1. The van der Waals surface area contributed by atoms with Crippen molar-refractivity contribution in [3.63, 3.8) is 0 Å². The van der Waals surface area contributed by atoms with E-state index in [9.17, 15) is 5.11 Å². The first-order chi connectivity index (χ1) is 7.35. The predicted molar refractivity (Wildman–Crippen MR) is 54.1 cm³/mol. The minimum atomic E-state index is -0.133. The van der Waals surface area contributed by atoms with Crippen LogP contribution in [0.15, 0.2) is 12.2 Å². The summed E-state index contributed by atoms with van der Waals surface area (Å²) in [5.41, 5.74) is 0. The van der Waals surface area contributed by atoms with E-state index in [2.05, 4.69) is 6.08 Å². The Labute approximate surface area is 89.5 Å². The van der Waals surface area contributed by atoms with Gasteiger partial charge in [-0.15, -0.1) is 0 Å². The molecule has 4 nitrogen and oxygen atoms in total. The first kappa shape index (κ1) is 11.1. The maximum absolute atomic E-state index is 9.28. The lowest BCUT2D eigenvalue weighted by atomic mass is 9.87. The van der Waals surface area contributed by atoms with Gasteiger partial charge in [-0.05, 0) is 11.8 Å². The fourth-order valence-electron chi connectivity index (χ4n) is 2.37. The molecule has 1 aliphatic carbocycles. The van der Waals surface area contributed by atoms with Gasteiger partial charge in [-0.2, -0.15) is 0 Å². The van der Waals surface area contributed by atoms with Crippen molar-refractivity contribution >= 4 is 0 Å². The van der Waals surface area contributed by atoms with Crippen molar-refractivity contribution in [2.45, 2.75) is 12.7 Å². The van der Waals surface area contributed by atoms with Gasteiger partial charge in [0.05, 0.1) is 13.2 Å². The van der Waals surface area contributed by atoms with Gasteiger partial charge in [-0.3, -0.25) is 0 Å². The molecule has 1 aliphatic heterocycles. The average molecular weight is 214 g/mol. The van der Waals surface area contributed by atoms with Gasteiger partial charge < -0.3 is 19.7 Å². The minimum Gasteiger partial charge on any atom is -0.396 e. The molecule has 2 aliphatic rings. The van der Waals surface area contributed by atoms with Crippen LogP contribution in [0.25, 0.3) is 0 Å². The van der Waals surface area contributed by atoms with Gasteiger partial charge in [0.1, 0.15) is 0 Å². The standard InChI is InChI=1S/C11H18O4/c12-6-9-2-1-8(10(9)7-13)5-11-14-3-4-15-11/h1-2,8-13H,3-7H2/t8-,9+,10+/m0/s1. The molecule has 86 valence electrons. The van der Waals surface area contributed by atoms with E-state index in [0.29, 0.717) is 13.2 Å². The van der Waals surface area contributed by atoms with Crippen LogP contribution in [-0.2, 0) is 9.47 Å². The largest absolute Gasteiger partial charge is 0.396 e. The fourth-order valence-corrected chi connectivity index (χ4v) is 2.37. The van der Waals surface area contributed by atoms with E-state index in [1.807, 2.05) is 6.08 Å². The average Bonchev–Trinajstić information content (AvgIpc) is 2.87. The second kappa shape index (κ2) is 5.07. The summed E-state index contributed by atoms with van der Waals surface area (Å²) in [4.78, 5) is 0. The second-order valence-electron chi connectivity index (χ2n) is 4.15. The Kier molecular flexibility index (Phi) is 3.75. The maximum Gasteiger partial charge on any atom is 0.158 e. The predicted octanol–water partition coefficient (Wildman–Crippen LogP) is 0.152. The monoisotopic (exact) mass is 214 g/mol. The Morgan fingerprint density at radius 2 is 1.67 bits per heavy atom. The fraction of sp³-hybridized carbons (Fsp3) is 0.818. The highest BCUT2D eigenvalue weighted by Gasteiger charge is 2.33. The third-order valence-electron chi connectivity index (χ3n) is 3.28. The molecule has 1 fully saturated rings. The third kappa shape index (κ3) is 2.39. The van der Waals surface area contributed by atoms with Crippen molar-refractivity contribution in [1.82, 2.24) is 0 Å². The molecule has 0 aromatic carbocycles. The van der Waals surface area contributed by atoms with Gasteiger partial charge in [-0.1, -0.05) is 12.2 Å². The normalized spacial score (nSPS) is 36.5. The number of aliphatic hydroxyl groups excluding tert-OH is 2. The SMILES string of the molecule is OC[C@H]1[C@@H](CO)C=C[C@H]1CC1OCCO1. The Bertz CT molecular complexity index is 223. The molecular formula is C11H18O4. The summed E-state index contributed by atoms with van der Waals surface area (Å²) < 4.78 is 10.8. The highest BCUT2D eigenvalue weighted by Crippen LogP contribution is 2.34. The van der Waals surface area contributed by atoms with E-state index >= 15 is 0 Å². The Morgan fingerprint density at radius 3 is 2.27 bits per heavy atom. The van der Waals surface area contributed by atoms with Crippen LogP contribution < -0.4 is 0 Å². The molecule has 0 aromatic heterocycles. The molecule has 0 saturated carbocycles. The van der Waals surface area contributed by atoms with Crippen LogP contribution in [0.3, 0.4) is 0 Å². The molecule has 2 rings (SSSR count). The van der Waals surface area contributed by atoms with Crippen LogP contribution in [0, 0.1) is 17.8 Å². The highest BCUT2D eigenvalue weighted by atomic mass is 16.7. The van der Waals surface area contributed by atoms with Crippen LogP contribution in [0.1, 0.15) is 6.42 Å². The summed E-state index contributed by atoms with van der Waals surface area (Å²) >= 11 is 0. The van der Waals surface area contributed by atoms with Crippen molar-refractivity contribution in [2.75, 3.05) is 26.4 Å². The lowest BCUT2D eigenvalue weighted by molar-refractivity contribution is -0.0603. The molecule has 0 amide bonds. The summed E-state index contributed by atoms with van der Waals surface area (Å²) in [6.07, 6.45) is 4.69. The van der Waals surface area contributed by atoms with Crippen molar-refractivity contribution < 1.29 is 19.7 Å².